The van der Waals surface area contributed by atoms with E-state index >= 15 is 0 Å². The zero-order valence-corrected chi connectivity index (χ0v) is 15.2. The maximum absolute atomic E-state index is 12.4. The third-order valence-corrected chi connectivity index (χ3v) is 4.64. The molecule has 0 saturated carbocycles. The van der Waals surface area contributed by atoms with E-state index in [9.17, 15) is 20.1 Å². The summed E-state index contributed by atoms with van der Waals surface area (Å²) in [5.41, 5.74) is 0.828. The van der Waals surface area contributed by atoms with E-state index in [4.69, 9.17) is 23.2 Å². The predicted molar refractivity (Wildman–Crippen MR) is 98.9 cm³/mol. The number of benzene rings is 2. The van der Waals surface area contributed by atoms with Gasteiger partial charge in [-0.1, -0.05) is 59.6 Å². The van der Waals surface area contributed by atoms with Crippen LogP contribution in [0.25, 0.3) is 0 Å². The van der Waals surface area contributed by atoms with Crippen LogP contribution in [0.3, 0.4) is 0 Å². The molecule has 2 aromatic carbocycles. The second-order valence-electron chi connectivity index (χ2n) is 5.60. The van der Waals surface area contributed by atoms with Crippen molar-refractivity contribution in [2.45, 2.75) is 24.7 Å². The highest BCUT2D eigenvalue weighted by Gasteiger charge is 2.26. The number of nitriles is 2. The molecule has 4 nitrogen and oxygen atoms in total. The zero-order valence-electron chi connectivity index (χ0n) is 13.7. The number of hydrogen-bond acceptors (Lipinski definition) is 4. The molecule has 0 aliphatic carbocycles. The van der Waals surface area contributed by atoms with Crippen LogP contribution in [0.4, 0.5) is 0 Å². The van der Waals surface area contributed by atoms with Gasteiger partial charge in [-0.2, -0.15) is 10.5 Å². The van der Waals surface area contributed by atoms with Gasteiger partial charge in [-0.3, -0.25) is 9.59 Å². The van der Waals surface area contributed by atoms with Crippen LogP contribution in [0, 0.1) is 22.7 Å². The summed E-state index contributed by atoms with van der Waals surface area (Å²) in [4.78, 5) is 24.8. The lowest BCUT2D eigenvalue weighted by Crippen LogP contribution is -2.16. The number of carbonyl (C=O) groups is 2. The highest BCUT2D eigenvalue weighted by Crippen LogP contribution is 2.28. The number of hydrogen-bond donors (Lipinski definition) is 0. The molecular formula is C20H14Cl2N2O2. The second-order valence-corrected chi connectivity index (χ2v) is 6.41. The van der Waals surface area contributed by atoms with Gasteiger partial charge in [0.25, 0.3) is 0 Å². The summed E-state index contributed by atoms with van der Waals surface area (Å²) in [6, 6.07) is 17.1. The molecule has 2 atom stereocenters. The molecule has 0 N–H and O–H groups in total. The number of nitrogens with zero attached hydrogens (tertiary/aromatic N) is 2. The molecule has 2 rings (SSSR count). The summed E-state index contributed by atoms with van der Waals surface area (Å²) in [5.74, 6) is -2.91. The van der Waals surface area contributed by atoms with Crippen molar-refractivity contribution in [3.63, 3.8) is 0 Å². The molecule has 0 aliphatic rings. The maximum Gasteiger partial charge on any atom is 0.154 e. The number of rotatable bonds is 7. The lowest BCUT2D eigenvalue weighted by atomic mass is 9.89. The van der Waals surface area contributed by atoms with E-state index < -0.39 is 23.4 Å². The maximum atomic E-state index is 12.4. The van der Waals surface area contributed by atoms with Gasteiger partial charge in [0.15, 0.2) is 11.6 Å². The number of Topliss-reactive ketones (excluding diaryl/α,β-unsaturated/α-hetero) is 2. The van der Waals surface area contributed by atoms with Crippen LogP contribution < -0.4 is 0 Å². The molecule has 0 spiro atoms. The normalized spacial score (nSPS) is 12.5. The molecule has 0 fully saturated rings. The first-order valence-corrected chi connectivity index (χ1v) is 8.58. The van der Waals surface area contributed by atoms with Gasteiger partial charge in [0.2, 0.25) is 0 Å². The van der Waals surface area contributed by atoms with Crippen molar-refractivity contribution in [3.8, 4) is 12.1 Å². The summed E-state index contributed by atoms with van der Waals surface area (Å²) in [5, 5.41) is 19.3. The van der Waals surface area contributed by atoms with Gasteiger partial charge in [-0.15, -0.1) is 0 Å². The van der Waals surface area contributed by atoms with Crippen LogP contribution >= 0.6 is 23.2 Å². The minimum Gasteiger partial charge on any atom is -0.298 e. The van der Waals surface area contributed by atoms with Gasteiger partial charge in [0.05, 0.1) is 12.1 Å². The van der Waals surface area contributed by atoms with Gasteiger partial charge < -0.3 is 0 Å². The molecule has 130 valence electrons. The minimum absolute atomic E-state index is 0.148. The van der Waals surface area contributed by atoms with Crippen LogP contribution in [-0.4, -0.2) is 11.6 Å². The van der Waals surface area contributed by atoms with Crippen LogP contribution in [0.15, 0.2) is 48.5 Å². The Labute approximate surface area is 161 Å². The standard InChI is InChI=1S/C20H14Cl2N2O2/c21-17-7-3-1-5-13(17)15(11-23)19(25)9-10-20(26)16(12-24)14-6-2-4-8-18(14)22/h1-8,15-16H,9-10H2/t15-,16+. The Morgan fingerprint density at radius 1 is 0.769 bits per heavy atom. The summed E-state index contributed by atoms with van der Waals surface area (Å²) in [6.07, 6.45) is -0.296. The Bertz CT molecular complexity index is 837. The number of ketones is 2. The molecule has 0 aliphatic heterocycles. The molecular weight excluding hydrogens is 371 g/mol. The summed E-state index contributed by atoms with van der Waals surface area (Å²) in [7, 11) is 0. The van der Waals surface area contributed by atoms with E-state index in [0.29, 0.717) is 21.2 Å². The Hall–Kier alpha value is -2.66. The largest absolute Gasteiger partial charge is 0.298 e. The first-order chi connectivity index (χ1) is 12.5. The van der Waals surface area contributed by atoms with E-state index in [-0.39, 0.29) is 12.8 Å². The molecule has 0 amide bonds. The Balaban J connectivity index is 2.10. The first-order valence-electron chi connectivity index (χ1n) is 7.83. The average Bonchev–Trinajstić information content (AvgIpc) is 2.64. The topological polar surface area (TPSA) is 81.7 Å². The van der Waals surface area contributed by atoms with Crippen LogP contribution in [0.1, 0.15) is 35.8 Å². The molecule has 6 heteroatoms. The lowest BCUT2D eigenvalue weighted by molar-refractivity contribution is -0.124. The Kier molecular flexibility index (Phi) is 6.92. The summed E-state index contributed by atoms with van der Waals surface area (Å²) < 4.78 is 0. The van der Waals surface area contributed by atoms with E-state index in [1.807, 2.05) is 12.1 Å². The zero-order chi connectivity index (χ0) is 19.1. The molecule has 26 heavy (non-hydrogen) atoms. The fourth-order valence-corrected chi connectivity index (χ4v) is 3.07. The summed E-state index contributed by atoms with van der Waals surface area (Å²) in [6.45, 7) is 0. The van der Waals surface area contributed by atoms with E-state index in [1.165, 1.54) is 0 Å². The first kappa shape index (κ1) is 19.7. The fourth-order valence-electron chi connectivity index (χ4n) is 2.58. The van der Waals surface area contributed by atoms with Crippen molar-refractivity contribution in [3.05, 3.63) is 69.7 Å². The quantitative estimate of drug-likeness (QED) is 0.684. The molecule has 0 bridgehead atoms. The van der Waals surface area contributed by atoms with Crippen molar-refractivity contribution in [2.75, 3.05) is 0 Å². The van der Waals surface area contributed by atoms with Crippen molar-refractivity contribution in [1.29, 1.82) is 10.5 Å². The third kappa shape index (κ3) is 4.49. The second kappa shape index (κ2) is 9.15. The molecule has 0 heterocycles. The number of carbonyl (C=O) groups excluding carboxylic acids is 2. The van der Waals surface area contributed by atoms with E-state index in [0.717, 1.165) is 0 Å². The van der Waals surface area contributed by atoms with Gasteiger partial charge in [-0.05, 0) is 23.3 Å². The van der Waals surface area contributed by atoms with Crippen molar-refractivity contribution in [1.82, 2.24) is 0 Å². The Morgan fingerprint density at radius 3 is 1.42 bits per heavy atom. The van der Waals surface area contributed by atoms with Gasteiger partial charge in [-0.25, -0.2) is 0 Å². The van der Waals surface area contributed by atoms with Gasteiger partial charge in [0, 0.05) is 22.9 Å². The summed E-state index contributed by atoms with van der Waals surface area (Å²) >= 11 is 12.1. The molecule has 0 saturated heterocycles. The van der Waals surface area contributed by atoms with Crippen molar-refractivity contribution in [2.24, 2.45) is 0 Å². The molecule has 0 radical (unpaired) electrons. The lowest BCUT2D eigenvalue weighted by Gasteiger charge is -2.12. The highest BCUT2D eigenvalue weighted by atomic mass is 35.5. The van der Waals surface area contributed by atoms with E-state index in [1.54, 1.807) is 48.5 Å². The van der Waals surface area contributed by atoms with Crippen molar-refractivity contribution >= 4 is 34.8 Å². The smallest absolute Gasteiger partial charge is 0.154 e. The minimum atomic E-state index is -1.04. The third-order valence-electron chi connectivity index (χ3n) is 3.95. The highest BCUT2D eigenvalue weighted by molar-refractivity contribution is 6.32. The number of halogens is 2. The Morgan fingerprint density at radius 2 is 1.12 bits per heavy atom. The van der Waals surface area contributed by atoms with Gasteiger partial charge in [0.1, 0.15) is 11.8 Å². The van der Waals surface area contributed by atoms with Crippen molar-refractivity contribution < 1.29 is 9.59 Å². The average molecular weight is 385 g/mol. The predicted octanol–water partition coefficient (Wildman–Crippen LogP) is 4.83. The van der Waals surface area contributed by atoms with E-state index in [2.05, 4.69) is 0 Å². The van der Waals surface area contributed by atoms with Gasteiger partial charge >= 0.3 is 0 Å². The van der Waals surface area contributed by atoms with Crippen LogP contribution in [0.5, 0.6) is 0 Å². The van der Waals surface area contributed by atoms with Crippen LogP contribution in [-0.2, 0) is 9.59 Å². The fraction of sp³-hybridized carbons (Fsp3) is 0.200. The van der Waals surface area contributed by atoms with Crippen LogP contribution in [0.2, 0.25) is 10.0 Å². The molecule has 2 aromatic rings. The molecule has 0 unspecified atom stereocenters. The SMILES string of the molecule is N#C[C@H](C(=O)CCC(=O)[C@H](C#N)c1ccccc1Cl)c1ccccc1Cl. The monoisotopic (exact) mass is 384 g/mol. The molecule has 0 aromatic heterocycles.